The molecule has 2 aromatic carbocycles. The van der Waals surface area contributed by atoms with Gasteiger partial charge < -0.3 is 14.3 Å². The molecule has 0 aliphatic heterocycles. The second-order valence-electron chi connectivity index (χ2n) is 6.70. The highest BCUT2D eigenvalue weighted by Gasteiger charge is 2.18. The molecule has 4 nitrogen and oxygen atoms in total. The van der Waals surface area contributed by atoms with E-state index >= 15 is 0 Å². The van der Waals surface area contributed by atoms with E-state index < -0.39 is 0 Å². The van der Waals surface area contributed by atoms with Gasteiger partial charge in [-0.1, -0.05) is 60.7 Å². The maximum absolute atomic E-state index is 12.8. The lowest BCUT2D eigenvalue weighted by Crippen LogP contribution is -2.28. The number of furan rings is 1. The number of carbonyl (C=O) groups is 1. The molecule has 0 saturated carbocycles. The highest BCUT2D eigenvalue weighted by atomic mass is 16.3. The molecule has 0 bridgehead atoms. The van der Waals surface area contributed by atoms with Crippen molar-refractivity contribution in [1.29, 1.82) is 0 Å². The molecule has 4 rings (SSSR count). The van der Waals surface area contributed by atoms with Gasteiger partial charge in [-0.25, -0.2) is 0 Å². The second kappa shape index (κ2) is 7.54. The lowest BCUT2D eigenvalue weighted by molar-refractivity contribution is 0.0945. The lowest BCUT2D eigenvalue weighted by Gasteiger charge is -2.11. The first-order valence-electron chi connectivity index (χ1n) is 9.16. The Morgan fingerprint density at radius 2 is 1.63 bits per heavy atom. The van der Waals surface area contributed by atoms with Crippen LogP contribution in [0.15, 0.2) is 77.2 Å². The molecule has 0 spiro atoms. The van der Waals surface area contributed by atoms with Crippen LogP contribution >= 0.6 is 0 Å². The molecule has 0 fully saturated rings. The molecule has 0 saturated heterocycles. The van der Waals surface area contributed by atoms with E-state index in [-0.39, 0.29) is 5.91 Å². The number of hydrogen-bond acceptors (Lipinski definition) is 2. The number of aromatic nitrogens is 1. The van der Waals surface area contributed by atoms with E-state index in [9.17, 15) is 4.79 Å². The van der Waals surface area contributed by atoms with Crippen molar-refractivity contribution in [2.45, 2.75) is 19.9 Å². The number of nitrogens with one attached hydrogen (secondary N) is 1. The molecular formula is C23H22N2O2. The Bertz CT molecular complexity index is 1050. The zero-order valence-electron chi connectivity index (χ0n) is 15.3. The topological polar surface area (TPSA) is 47.2 Å². The van der Waals surface area contributed by atoms with Crippen LogP contribution in [0.1, 0.15) is 27.4 Å². The molecule has 0 aliphatic rings. The first-order chi connectivity index (χ1) is 13.2. The van der Waals surface area contributed by atoms with Crippen LogP contribution in [0.4, 0.5) is 0 Å². The minimum absolute atomic E-state index is 0.0779. The van der Waals surface area contributed by atoms with Gasteiger partial charge in [0.15, 0.2) is 5.58 Å². The van der Waals surface area contributed by atoms with Gasteiger partial charge in [-0.2, -0.15) is 0 Å². The summed E-state index contributed by atoms with van der Waals surface area (Å²) in [4.78, 5) is 12.8. The van der Waals surface area contributed by atoms with Gasteiger partial charge in [0.05, 0.1) is 5.52 Å². The van der Waals surface area contributed by atoms with Crippen LogP contribution in [0.2, 0.25) is 0 Å². The van der Waals surface area contributed by atoms with Gasteiger partial charge in [-0.15, -0.1) is 0 Å². The highest BCUT2D eigenvalue weighted by molar-refractivity contribution is 5.97. The van der Waals surface area contributed by atoms with Gasteiger partial charge in [0.2, 0.25) is 0 Å². The van der Waals surface area contributed by atoms with Gasteiger partial charge >= 0.3 is 0 Å². The average Bonchev–Trinajstić information content (AvgIpc) is 3.20. The summed E-state index contributed by atoms with van der Waals surface area (Å²) in [5, 5.41) is 3.04. The van der Waals surface area contributed by atoms with Crippen LogP contribution in [-0.4, -0.2) is 17.0 Å². The van der Waals surface area contributed by atoms with Crippen LogP contribution in [0.5, 0.6) is 0 Å². The van der Waals surface area contributed by atoms with Gasteiger partial charge in [-0.05, 0) is 24.5 Å². The number of fused-ring (bicyclic) bond motifs is 1. The lowest BCUT2D eigenvalue weighted by atomic mass is 10.1. The standard InChI is InChI=1S/C23H22N2O2/c1-17-14-20-22(27-17)15-21(25(20)16-19-10-6-3-7-11-19)23(26)24-13-12-18-8-4-2-5-9-18/h2-11,14-15H,12-13,16H2,1H3,(H,24,26). The third-order valence-corrected chi connectivity index (χ3v) is 4.67. The minimum Gasteiger partial charge on any atom is -0.460 e. The van der Waals surface area contributed by atoms with Crippen LogP contribution in [0, 0.1) is 6.92 Å². The van der Waals surface area contributed by atoms with Gasteiger partial charge in [0.1, 0.15) is 11.5 Å². The monoisotopic (exact) mass is 358 g/mol. The fraction of sp³-hybridized carbons (Fsp3) is 0.174. The van der Waals surface area contributed by atoms with E-state index in [2.05, 4.69) is 29.6 Å². The number of amides is 1. The normalized spacial score (nSPS) is 11.0. The second-order valence-corrected chi connectivity index (χ2v) is 6.70. The Hall–Kier alpha value is -3.27. The molecule has 1 N–H and O–H groups in total. The molecule has 0 radical (unpaired) electrons. The molecule has 0 aliphatic carbocycles. The van der Waals surface area contributed by atoms with Crippen molar-refractivity contribution >= 4 is 17.0 Å². The number of nitrogens with zero attached hydrogens (tertiary/aromatic N) is 1. The zero-order chi connectivity index (χ0) is 18.6. The summed E-state index contributed by atoms with van der Waals surface area (Å²) >= 11 is 0. The highest BCUT2D eigenvalue weighted by Crippen LogP contribution is 2.25. The SMILES string of the molecule is Cc1cc2c(cc(C(=O)NCCc3ccccc3)n2Cc2ccccc2)o1. The number of aryl methyl sites for hydroxylation is 1. The molecule has 2 heterocycles. The molecule has 2 aromatic heterocycles. The first kappa shape index (κ1) is 17.2. The Kier molecular flexibility index (Phi) is 4.79. The summed E-state index contributed by atoms with van der Waals surface area (Å²) in [5.41, 5.74) is 4.68. The van der Waals surface area contributed by atoms with Crippen molar-refractivity contribution in [2.75, 3.05) is 6.54 Å². The Labute approximate surface area is 158 Å². The van der Waals surface area contributed by atoms with Crippen molar-refractivity contribution in [3.05, 3.63) is 95.4 Å². The molecule has 1 amide bonds. The maximum Gasteiger partial charge on any atom is 0.268 e. The summed E-state index contributed by atoms with van der Waals surface area (Å²) in [7, 11) is 0. The smallest absolute Gasteiger partial charge is 0.268 e. The summed E-state index contributed by atoms with van der Waals surface area (Å²) in [6.07, 6.45) is 0.807. The third-order valence-electron chi connectivity index (χ3n) is 4.67. The number of rotatable bonds is 6. The van der Waals surface area contributed by atoms with E-state index in [1.165, 1.54) is 5.56 Å². The van der Waals surface area contributed by atoms with Crippen LogP contribution in [0.3, 0.4) is 0 Å². The van der Waals surface area contributed by atoms with E-state index in [4.69, 9.17) is 4.42 Å². The van der Waals surface area contributed by atoms with Crippen molar-refractivity contribution in [2.24, 2.45) is 0 Å². The molecule has 0 atom stereocenters. The zero-order valence-corrected chi connectivity index (χ0v) is 15.3. The predicted octanol–water partition coefficient (Wildman–Crippen LogP) is 4.56. The number of benzene rings is 2. The fourth-order valence-electron chi connectivity index (χ4n) is 3.35. The van der Waals surface area contributed by atoms with Gasteiger partial charge in [0.25, 0.3) is 5.91 Å². The van der Waals surface area contributed by atoms with Crippen molar-refractivity contribution in [3.63, 3.8) is 0 Å². The van der Waals surface area contributed by atoms with Gasteiger partial charge in [-0.3, -0.25) is 4.79 Å². The Balaban J connectivity index is 1.55. The van der Waals surface area contributed by atoms with Crippen LogP contribution in [-0.2, 0) is 13.0 Å². The molecule has 4 aromatic rings. The number of carbonyl (C=O) groups excluding carboxylic acids is 1. The number of hydrogen-bond donors (Lipinski definition) is 1. The van der Waals surface area contributed by atoms with Gasteiger partial charge in [0, 0.05) is 25.2 Å². The van der Waals surface area contributed by atoms with Crippen LogP contribution < -0.4 is 5.32 Å². The van der Waals surface area contributed by atoms with E-state index in [1.54, 1.807) is 0 Å². The molecule has 4 heteroatoms. The minimum atomic E-state index is -0.0779. The van der Waals surface area contributed by atoms with E-state index in [0.717, 1.165) is 28.8 Å². The van der Waals surface area contributed by atoms with Crippen LogP contribution in [0.25, 0.3) is 11.1 Å². The Morgan fingerprint density at radius 3 is 2.33 bits per heavy atom. The summed E-state index contributed by atoms with van der Waals surface area (Å²) < 4.78 is 7.78. The molecule has 27 heavy (non-hydrogen) atoms. The van der Waals surface area contributed by atoms with Crippen molar-refractivity contribution in [3.8, 4) is 0 Å². The predicted molar refractivity (Wildman–Crippen MR) is 107 cm³/mol. The summed E-state index contributed by atoms with van der Waals surface area (Å²) in [5.74, 6) is 0.767. The molecule has 136 valence electrons. The summed E-state index contributed by atoms with van der Waals surface area (Å²) in [6, 6.07) is 24.1. The van der Waals surface area contributed by atoms with E-state index in [0.29, 0.717) is 18.8 Å². The molecular weight excluding hydrogens is 336 g/mol. The molecule has 0 unspecified atom stereocenters. The van der Waals surface area contributed by atoms with Crippen molar-refractivity contribution in [1.82, 2.24) is 9.88 Å². The third kappa shape index (κ3) is 3.80. The van der Waals surface area contributed by atoms with Crippen molar-refractivity contribution < 1.29 is 9.21 Å². The van der Waals surface area contributed by atoms with E-state index in [1.807, 2.05) is 60.0 Å². The average molecular weight is 358 g/mol. The largest absolute Gasteiger partial charge is 0.460 e. The Morgan fingerprint density at radius 1 is 0.963 bits per heavy atom. The maximum atomic E-state index is 12.8. The fourth-order valence-corrected chi connectivity index (χ4v) is 3.35. The quantitative estimate of drug-likeness (QED) is 0.549. The first-order valence-corrected chi connectivity index (χ1v) is 9.16. The summed E-state index contributed by atoms with van der Waals surface area (Å²) in [6.45, 7) is 3.15.